The Morgan fingerprint density at radius 3 is 2.59 bits per heavy atom. The number of hydrogen-bond donors (Lipinski definition) is 2. The van der Waals surface area contributed by atoms with E-state index in [1.807, 2.05) is 48.5 Å². The molecule has 8 nitrogen and oxygen atoms in total. The van der Waals surface area contributed by atoms with E-state index in [-0.39, 0.29) is 11.2 Å². The van der Waals surface area contributed by atoms with E-state index in [0.29, 0.717) is 5.82 Å². The van der Waals surface area contributed by atoms with Gasteiger partial charge >= 0.3 is 5.97 Å². The van der Waals surface area contributed by atoms with Gasteiger partial charge in [-0.2, -0.15) is 5.10 Å². The summed E-state index contributed by atoms with van der Waals surface area (Å²) in [4.78, 5) is 25.3. The minimum atomic E-state index is -0.854. The lowest BCUT2D eigenvalue weighted by Crippen LogP contribution is -2.35. The van der Waals surface area contributed by atoms with Crippen LogP contribution in [0.4, 0.5) is 5.82 Å². The number of aliphatic carboxylic acids is 1. The van der Waals surface area contributed by atoms with Crippen molar-refractivity contribution in [1.29, 1.82) is 0 Å². The van der Waals surface area contributed by atoms with Crippen molar-refractivity contribution in [3.63, 3.8) is 0 Å². The number of carboxylic acid groups (broad SMARTS) is 1. The number of aromatic nitrogens is 4. The van der Waals surface area contributed by atoms with Crippen LogP contribution in [0.25, 0.3) is 22.4 Å². The Balaban J connectivity index is 1.44. The van der Waals surface area contributed by atoms with Crippen molar-refractivity contribution in [2.45, 2.75) is 22.3 Å². The molecule has 2 unspecified atom stereocenters. The summed E-state index contributed by atoms with van der Waals surface area (Å²) in [5, 5.41) is 14.2. The molecule has 2 atom stereocenters. The van der Waals surface area contributed by atoms with E-state index < -0.39 is 12.1 Å². The van der Waals surface area contributed by atoms with E-state index in [4.69, 9.17) is 15.8 Å². The zero-order chi connectivity index (χ0) is 23.7. The number of benzene rings is 1. The average Bonchev–Trinajstić information content (AvgIpc) is 3.28. The number of fused-ring (bicyclic) bond motifs is 1. The number of hydrogen-bond acceptors (Lipinski definition) is 7. The van der Waals surface area contributed by atoms with Crippen molar-refractivity contribution in [1.82, 2.24) is 19.7 Å². The molecule has 1 aliphatic heterocycles. The molecule has 34 heavy (non-hydrogen) atoms. The minimum Gasteiger partial charge on any atom is -0.481 e. The molecule has 1 aliphatic rings. The van der Waals surface area contributed by atoms with Gasteiger partial charge in [-0.1, -0.05) is 45.9 Å². The van der Waals surface area contributed by atoms with Gasteiger partial charge in [0, 0.05) is 40.2 Å². The van der Waals surface area contributed by atoms with Crippen LogP contribution in [0.3, 0.4) is 0 Å². The summed E-state index contributed by atoms with van der Waals surface area (Å²) >= 11 is 5.15. The van der Waals surface area contributed by atoms with Crippen LogP contribution in [0.2, 0.25) is 0 Å². The topological polar surface area (TPSA) is 119 Å². The van der Waals surface area contributed by atoms with Crippen LogP contribution in [0, 0.1) is 0 Å². The molecule has 10 heteroatoms. The van der Waals surface area contributed by atoms with Crippen molar-refractivity contribution in [3.05, 3.63) is 78.9 Å². The van der Waals surface area contributed by atoms with Gasteiger partial charge in [-0.25, -0.2) is 9.67 Å². The second kappa shape index (κ2) is 9.49. The van der Waals surface area contributed by atoms with Crippen LogP contribution in [0.15, 0.2) is 83.2 Å². The highest BCUT2D eigenvalue weighted by molar-refractivity contribution is 9.10. The summed E-state index contributed by atoms with van der Waals surface area (Å²) in [5.41, 5.74) is 10.7. The molecule has 0 saturated carbocycles. The second-order valence-corrected chi connectivity index (χ2v) is 9.74. The second-order valence-electron chi connectivity index (χ2n) is 7.66. The third-order valence-electron chi connectivity index (χ3n) is 5.34. The Morgan fingerprint density at radius 2 is 1.91 bits per heavy atom. The zero-order valence-electron chi connectivity index (χ0n) is 17.7. The molecule has 0 fully saturated rings. The zero-order valence-corrected chi connectivity index (χ0v) is 20.1. The van der Waals surface area contributed by atoms with Crippen LogP contribution in [-0.4, -0.2) is 40.7 Å². The summed E-state index contributed by atoms with van der Waals surface area (Å²) in [6, 6.07) is 15.2. The SMILES string of the molecule is NC1C(Br)C(Sc2ccc(CC(=O)O)cc2)=Nc2c(-c3ccc(-c4cccnc4)nc3)cnn21. The number of pyridine rings is 2. The van der Waals surface area contributed by atoms with Crippen LogP contribution >= 0.6 is 27.7 Å². The van der Waals surface area contributed by atoms with Gasteiger partial charge in [0.25, 0.3) is 0 Å². The molecule has 0 amide bonds. The van der Waals surface area contributed by atoms with Gasteiger partial charge in [-0.3, -0.25) is 14.8 Å². The van der Waals surface area contributed by atoms with Crippen molar-refractivity contribution < 1.29 is 9.90 Å². The summed E-state index contributed by atoms with van der Waals surface area (Å²) in [6.45, 7) is 0. The van der Waals surface area contributed by atoms with Crippen LogP contribution in [0.5, 0.6) is 0 Å². The molecular formula is C24H19BrN6O2S. The van der Waals surface area contributed by atoms with E-state index in [1.54, 1.807) is 29.5 Å². The predicted octanol–water partition coefficient (Wildman–Crippen LogP) is 4.69. The number of carboxylic acids is 1. The minimum absolute atomic E-state index is 0.00596. The first-order chi connectivity index (χ1) is 16.5. The molecule has 1 aromatic carbocycles. The molecule has 0 spiro atoms. The number of carbonyl (C=O) groups is 1. The molecule has 3 aromatic heterocycles. The number of rotatable bonds is 5. The molecular weight excluding hydrogens is 516 g/mol. The van der Waals surface area contributed by atoms with E-state index in [9.17, 15) is 4.79 Å². The standard InChI is InChI=1S/C24H19BrN6O2S/c25-21-22(26)31-23(30-24(21)34-17-6-3-14(4-7-17)10-20(32)33)18(13-29-31)15-5-8-19(28-12-15)16-2-1-9-27-11-16/h1-9,11-13,21-22H,10,26H2,(H,32,33). The summed E-state index contributed by atoms with van der Waals surface area (Å²) in [6.07, 6.45) is 6.63. The van der Waals surface area contributed by atoms with Gasteiger partial charge in [0.05, 0.1) is 28.2 Å². The van der Waals surface area contributed by atoms with E-state index >= 15 is 0 Å². The van der Waals surface area contributed by atoms with Crippen molar-refractivity contribution in [2.24, 2.45) is 10.7 Å². The van der Waals surface area contributed by atoms with E-state index in [0.717, 1.165) is 37.9 Å². The molecule has 170 valence electrons. The quantitative estimate of drug-likeness (QED) is 0.356. The maximum absolute atomic E-state index is 10.9. The molecule has 4 heterocycles. The maximum atomic E-state index is 10.9. The van der Waals surface area contributed by atoms with Gasteiger partial charge in [0.1, 0.15) is 6.17 Å². The average molecular weight is 535 g/mol. The number of aliphatic imine (C=N–C) groups is 1. The van der Waals surface area contributed by atoms with Crippen LogP contribution in [0.1, 0.15) is 11.7 Å². The lowest BCUT2D eigenvalue weighted by Gasteiger charge is -2.26. The molecule has 0 saturated heterocycles. The van der Waals surface area contributed by atoms with Gasteiger partial charge in [0.2, 0.25) is 0 Å². The highest BCUT2D eigenvalue weighted by Crippen LogP contribution is 2.40. The lowest BCUT2D eigenvalue weighted by molar-refractivity contribution is -0.136. The number of alkyl halides is 1. The number of thioether (sulfide) groups is 1. The largest absolute Gasteiger partial charge is 0.481 e. The molecule has 0 aliphatic carbocycles. The fourth-order valence-corrected chi connectivity index (χ4v) is 5.12. The fourth-order valence-electron chi connectivity index (χ4n) is 3.61. The highest BCUT2D eigenvalue weighted by Gasteiger charge is 2.31. The normalized spacial score (nSPS) is 17.2. The molecule has 0 bridgehead atoms. The van der Waals surface area contributed by atoms with E-state index in [2.05, 4.69) is 31.0 Å². The molecule has 5 rings (SSSR count). The predicted molar refractivity (Wildman–Crippen MR) is 135 cm³/mol. The van der Waals surface area contributed by atoms with Gasteiger partial charge < -0.3 is 10.8 Å². The third-order valence-corrected chi connectivity index (χ3v) is 7.68. The van der Waals surface area contributed by atoms with Crippen molar-refractivity contribution in [3.8, 4) is 22.4 Å². The van der Waals surface area contributed by atoms with Gasteiger partial charge in [-0.05, 0) is 35.9 Å². The Kier molecular flexibility index (Phi) is 6.27. The fraction of sp³-hybridized carbons (Fsp3) is 0.125. The first-order valence-corrected chi connectivity index (χ1v) is 12.1. The van der Waals surface area contributed by atoms with Gasteiger partial charge in [-0.15, -0.1) is 0 Å². The molecule has 4 aromatic rings. The van der Waals surface area contributed by atoms with Crippen molar-refractivity contribution >= 4 is 44.5 Å². The first-order valence-electron chi connectivity index (χ1n) is 10.4. The Hall–Kier alpha value is -3.34. The smallest absolute Gasteiger partial charge is 0.307 e. The monoisotopic (exact) mass is 534 g/mol. The number of nitrogens with two attached hydrogens (primary N) is 1. The van der Waals surface area contributed by atoms with Crippen LogP contribution in [-0.2, 0) is 11.2 Å². The molecule has 0 radical (unpaired) electrons. The Labute approximate surface area is 208 Å². The maximum Gasteiger partial charge on any atom is 0.307 e. The Bertz CT molecular complexity index is 1360. The molecule has 3 N–H and O–H groups in total. The number of halogens is 1. The summed E-state index contributed by atoms with van der Waals surface area (Å²) in [5.74, 6) is -0.184. The number of nitrogens with zero attached hydrogens (tertiary/aromatic N) is 5. The summed E-state index contributed by atoms with van der Waals surface area (Å²) < 4.78 is 1.71. The van der Waals surface area contributed by atoms with E-state index in [1.165, 1.54) is 11.8 Å². The Morgan fingerprint density at radius 1 is 1.09 bits per heavy atom. The lowest BCUT2D eigenvalue weighted by atomic mass is 10.1. The van der Waals surface area contributed by atoms with Crippen LogP contribution < -0.4 is 5.73 Å². The third kappa shape index (κ3) is 4.52. The highest BCUT2D eigenvalue weighted by atomic mass is 79.9. The van der Waals surface area contributed by atoms with Crippen molar-refractivity contribution in [2.75, 3.05) is 0 Å². The summed E-state index contributed by atoms with van der Waals surface area (Å²) in [7, 11) is 0. The van der Waals surface area contributed by atoms with Gasteiger partial charge in [0.15, 0.2) is 5.82 Å². The first kappa shape index (κ1) is 22.5.